The molecule has 5 aliphatic heterocycles. The zero-order valence-corrected chi connectivity index (χ0v) is 45.3. The molecule has 0 saturated carbocycles. The van der Waals surface area contributed by atoms with Crippen molar-refractivity contribution in [3.05, 3.63) is 35.9 Å². The number of hydrogen-bond donors (Lipinski definition) is 7. The maximum atomic E-state index is 13.8. The molecule has 0 unspecified atom stereocenters. The highest BCUT2D eigenvalue weighted by molar-refractivity contribution is 5.89. The molecule has 5 aliphatic rings. The highest BCUT2D eigenvalue weighted by atomic mass is 16.8. The van der Waals surface area contributed by atoms with Gasteiger partial charge in [0, 0.05) is 63.4 Å². The summed E-state index contributed by atoms with van der Waals surface area (Å²) in [5.41, 5.74) is -0.0303. The van der Waals surface area contributed by atoms with Crippen molar-refractivity contribution in [3.8, 4) is 0 Å². The van der Waals surface area contributed by atoms with Crippen molar-refractivity contribution in [3.63, 3.8) is 0 Å². The van der Waals surface area contributed by atoms with Crippen LogP contribution in [0.5, 0.6) is 0 Å². The van der Waals surface area contributed by atoms with Crippen LogP contribution >= 0.6 is 0 Å². The zero-order valence-electron chi connectivity index (χ0n) is 45.3. The smallest absolute Gasteiger partial charge is 0.338 e. The molecule has 1 aromatic rings. The van der Waals surface area contributed by atoms with Gasteiger partial charge in [-0.1, -0.05) is 18.2 Å². The molecule has 0 spiro atoms. The Hall–Kier alpha value is -4.76. The average Bonchev–Trinajstić information content (AvgIpc) is 3.63. The quantitative estimate of drug-likeness (QED) is 0.0381. The molecule has 81 heavy (non-hydrogen) atoms. The molecule has 5 heterocycles. The van der Waals surface area contributed by atoms with E-state index >= 15 is 0 Å². The van der Waals surface area contributed by atoms with Gasteiger partial charge in [0.25, 0.3) is 0 Å². The summed E-state index contributed by atoms with van der Waals surface area (Å²) in [7, 11) is 7.01. The fourth-order valence-corrected chi connectivity index (χ4v) is 10.0. The molecule has 32 heteroatoms. The van der Waals surface area contributed by atoms with E-state index in [4.69, 9.17) is 90.0 Å². The van der Waals surface area contributed by atoms with Gasteiger partial charge in [0.15, 0.2) is 55.9 Å². The maximum absolute atomic E-state index is 13.8. The van der Waals surface area contributed by atoms with Crippen LogP contribution in [-0.2, 0) is 114 Å². The number of carbonyl (C=O) groups is 6. The number of aliphatic hydroxyl groups is 5. The first kappa shape index (κ1) is 65.4. The second-order valence-corrected chi connectivity index (χ2v) is 18.9. The number of carbonyl (C=O) groups excluding carboxylic acids is 4. The van der Waals surface area contributed by atoms with Gasteiger partial charge in [-0.05, 0) is 12.1 Å². The summed E-state index contributed by atoms with van der Waals surface area (Å²) < 4.78 is 110. The number of methoxy groups -OCH3 is 6. The van der Waals surface area contributed by atoms with Gasteiger partial charge in [0.2, 0.25) is 0 Å². The second kappa shape index (κ2) is 29.7. The van der Waals surface area contributed by atoms with Gasteiger partial charge >= 0.3 is 35.8 Å². The standard InChI is InChI=1S/C49H70O32/c1-18(51)69-16-23-28(63-4)32(65-6)26(55)46(73-23)78-36-34(66-7)40(68-9)48(80-38(36)42(57)58)77-30-24(17-70-19(2)52)74-47(27(56)33(30)71-20(3)53)79-37-35(67-8)41(75-44(61)21-13-11-10-12-14-21)49(81-39(37)43(59)60)76-29-22(15-50)72-45(62)25(54)31(29)64-5/h10-14,22-41,45-50,54-56,62H,15-17H2,1-9H3,(H,57,58)(H,59,60)/t22-,23-,24-,25-,26-,27-,28-,29-,30-,31-,32+,33-,34+,35+,36+,37+,38+,39-,40-,41-,45+,46-,47-,48-,49-/m1/s1. The van der Waals surface area contributed by atoms with Gasteiger partial charge in [0.05, 0.1) is 12.2 Å². The maximum Gasteiger partial charge on any atom is 0.338 e. The number of carboxylic acids is 2. The van der Waals surface area contributed by atoms with Crippen LogP contribution in [0.2, 0.25) is 0 Å². The van der Waals surface area contributed by atoms with Gasteiger partial charge in [-0.3, -0.25) is 14.4 Å². The van der Waals surface area contributed by atoms with Crippen LogP contribution in [0.3, 0.4) is 0 Å². The molecule has 25 atom stereocenters. The van der Waals surface area contributed by atoms with E-state index in [2.05, 4.69) is 0 Å². The van der Waals surface area contributed by atoms with Crippen LogP contribution in [0.4, 0.5) is 0 Å². The predicted molar refractivity (Wildman–Crippen MR) is 255 cm³/mol. The number of benzene rings is 1. The van der Waals surface area contributed by atoms with Gasteiger partial charge in [-0.15, -0.1) is 0 Å². The molecule has 6 rings (SSSR count). The minimum Gasteiger partial charge on any atom is -0.479 e. The van der Waals surface area contributed by atoms with E-state index in [0.29, 0.717) is 0 Å². The van der Waals surface area contributed by atoms with E-state index in [9.17, 15) is 64.5 Å². The van der Waals surface area contributed by atoms with Crippen molar-refractivity contribution in [1.82, 2.24) is 0 Å². The topological polar surface area (TPSA) is 419 Å². The first-order valence-corrected chi connectivity index (χ1v) is 25.1. The van der Waals surface area contributed by atoms with E-state index < -0.39 is 209 Å². The molecule has 32 nitrogen and oxygen atoms in total. The summed E-state index contributed by atoms with van der Waals surface area (Å²) in [4.78, 5) is 77.4. The molecule has 7 N–H and O–H groups in total. The van der Waals surface area contributed by atoms with Crippen molar-refractivity contribution in [1.29, 1.82) is 0 Å². The van der Waals surface area contributed by atoms with Crippen molar-refractivity contribution < 1.29 is 155 Å². The van der Waals surface area contributed by atoms with Crippen LogP contribution in [0.15, 0.2) is 30.3 Å². The molecular weight excluding hydrogens is 1100 g/mol. The first-order chi connectivity index (χ1) is 38.6. The van der Waals surface area contributed by atoms with Crippen molar-refractivity contribution in [2.75, 3.05) is 62.5 Å². The van der Waals surface area contributed by atoms with Crippen LogP contribution in [0, 0.1) is 0 Å². The van der Waals surface area contributed by atoms with Crippen LogP contribution in [0.1, 0.15) is 31.1 Å². The largest absolute Gasteiger partial charge is 0.479 e. The molecule has 0 aromatic heterocycles. The van der Waals surface area contributed by atoms with Crippen molar-refractivity contribution in [2.24, 2.45) is 0 Å². The summed E-state index contributed by atoms with van der Waals surface area (Å²) in [6, 6.07) is 7.38. The SMILES string of the molecule is CO[C@@H]1[C@@H](OC)[C@H](O[C@H]2[C@H](OC(C)=O)[C@@H](O)[C@@H](O[C@H]3[C@H](OC)[C@@H](OC(=O)c4ccccc4)[C@H](O[C@H]4[C@H](OC)[C@@H](O)[C@@H](O)O[C@@H]4CO)O[C@H]3C(=O)O)O[C@@H]2COC(C)=O)O[C@H](C(=O)O)[C@H]1O[C@H]1O[C@H](COC(C)=O)[C@@H](OC)[C@@H](OC)[C@H]1O. The third kappa shape index (κ3) is 15.1. The van der Waals surface area contributed by atoms with Crippen molar-refractivity contribution >= 4 is 35.8 Å². The highest BCUT2D eigenvalue weighted by Crippen LogP contribution is 2.39. The lowest BCUT2D eigenvalue weighted by Gasteiger charge is -2.50. The van der Waals surface area contributed by atoms with Crippen LogP contribution in [0.25, 0.3) is 0 Å². The molecule has 0 radical (unpaired) electrons. The molecule has 458 valence electrons. The van der Waals surface area contributed by atoms with E-state index in [0.717, 1.165) is 49.2 Å². The summed E-state index contributed by atoms with van der Waals surface area (Å²) in [5, 5.41) is 76.4. The summed E-state index contributed by atoms with van der Waals surface area (Å²) in [5.74, 6) is -7.19. The van der Waals surface area contributed by atoms with E-state index in [1.54, 1.807) is 6.07 Å². The third-order valence-electron chi connectivity index (χ3n) is 13.8. The van der Waals surface area contributed by atoms with Gasteiger partial charge in [-0.25, -0.2) is 14.4 Å². The van der Waals surface area contributed by atoms with Gasteiger partial charge < -0.3 is 126 Å². The van der Waals surface area contributed by atoms with E-state index in [1.165, 1.54) is 38.5 Å². The summed E-state index contributed by atoms with van der Waals surface area (Å²) in [6.45, 7) is 1.02. The minimum atomic E-state index is -2.25. The van der Waals surface area contributed by atoms with E-state index in [-0.39, 0.29) is 5.56 Å². The Morgan fingerprint density at radius 3 is 1.30 bits per heavy atom. The molecule has 0 amide bonds. The lowest BCUT2D eigenvalue weighted by Crippen LogP contribution is -2.69. The average molecular weight is 1170 g/mol. The van der Waals surface area contributed by atoms with Gasteiger partial charge in [-0.2, -0.15) is 0 Å². The Morgan fingerprint density at radius 2 is 0.852 bits per heavy atom. The van der Waals surface area contributed by atoms with Crippen molar-refractivity contribution in [2.45, 2.75) is 174 Å². The Balaban J connectivity index is 1.33. The zero-order chi connectivity index (χ0) is 59.6. The summed E-state index contributed by atoms with van der Waals surface area (Å²) >= 11 is 0. The number of hydrogen-bond acceptors (Lipinski definition) is 30. The molecular formula is C49H70O32. The number of esters is 4. The molecule has 5 saturated heterocycles. The first-order valence-electron chi connectivity index (χ1n) is 25.1. The number of ether oxygens (including phenoxy) is 19. The monoisotopic (exact) mass is 1170 g/mol. The number of aliphatic hydroxyl groups excluding tert-OH is 5. The number of carboxylic acid groups (broad SMARTS) is 2. The number of aliphatic carboxylic acids is 2. The molecule has 0 bridgehead atoms. The fraction of sp³-hybridized carbons (Fsp3) is 0.755. The van der Waals surface area contributed by atoms with Gasteiger partial charge in [0.1, 0.15) is 111 Å². The normalized spacial score (nSPS) is 39.9. The third-order valence-corrected chi connectivity index (χ3v) is 13.8. The lowest BCUT2D eigenvalue weighted by atomic mass is 9.94. The van der Waals surface area contributed by atoms with Crippen LogP contribution < -0.4 is 0 Å². The molecule has 5 fully saturated rings. The Morgan fingerprint density at radius 1 is 0.432 bits per heavy atom. The summed E-state index contributed by atoms with van der Waals surface area (Å²) in [6.07, 6.45) is -43.8. The fourth-order valence-electron chi connectivity index (χ4n) is 10.0. The Bertz CT molecular complexity index is 2220. The highest BCUT2D eigenvalue weighted by Gasteiger charge is 2.61. The molecule has 0 aliphatic carbocycles. The Labute approximate surface area is 462 Å². The van der Waals surface area contributed by atoms with E-state index in [1.807, 2.05) is 0 Å². The van der Waals surface area contributed by atoms with Crippen LogP contribution in [-0.4, -0.2) is 288 Å². The Kier molecular flexibility index (Phi) is 23.9. The minimum absolute atomic E-state index is 0.0303. The predicted octanol–water partition coefficient (Wildman–Crippen LogP) is -4.24. The number of rotatable bonds is 24. The lowest BCUT2D eigenvalue weighted by molar-refractivity contribution is -0.390. The second-order valence-electron chi connectivity index (χ2n) is 18.9. The molecule has 1 aromatic carbocycles.